The molecule has 0 radical (unpaired) electrons. The van der Waals surface area contributed by atoms with Gasteiger partial charge in [0.2, 0.25) is 6.10 Å². The monoisotopic (exact) mass is 514 g/mol. The van der Waals surface area contributed by atoms with Crippen molar-refractivity contribution in [2.75, 3.05) is 13.2 Å². The Kier molecular flexibility index (Phi) is 11.1. The lowest BCUT2D eigenvalue weighted by atomic mass is 10.0. The van der Waals surface area contributed by atoms with Crippen LogP contribution in [0.5, 0.6) is 11.5 Å². The predicted octanol–water partition coefficient (Wildman–Crippen LogP) is 6.35. The van der Waals surface area contributed by atoms with Crippen LogP contribution in [0.2, 0.25) is 0 Å². The summed E-state index contributed by atoms with van der Waals surface area (Å²) in [7, 11) is 0. The van der Waals surface area contributed by atoms with Gasteiger partial charge in [0.25, 0.3) is 5.91 Å². The van der Waals surface area contributed by atoms with Crippen molar-refractivity contribution < 1.29 is 23.8 Å². The predicted molar refractivity (Wildman–Crippen MR) is 147 cm³/mol. The topological polar surface area (TPSA) is 77.1 Å². The van der Waals surface area contributed by atoms with E-state index in [0.29, 0.717) is 29.4 Å². The SMILES string of the molecule is CCCC/C(=C(/C)CC)N(CC(C)C)/C(C(=O)OC(C)(C)C)=C(\C)NC(=O)C1COc2ccccc2O1. The van der Waals surface area contributed by atoms with Crippen molar-refractivity contribution in [2.45, 2.75) is 99.7 Å². The lowest BCUT2D eigenvalue weighted by Crippen LogP contribution is -2.45. The molecule has 0 bridgehead atoms. The average molecular weight is 515 g/mol. The number of hydrogen-bond acceptors (Lipinski definition) is 6. The largest absolute Gasteiger partial charge is 0.485 e. The number of hydrogen-bond donors (Lipinski definition) is 1. The van der Waals surface area contributed by atoms with Gasteiger partial charge in [0.05, 0.1) is 0 Å². The third-order valence-electron chi connectivity index (χ3n) is 5.99. The Hall–Kier alpha value is -2.96. The summed E-state index contributed by atoms with van der Waals surface area (Å²) < 4.78 is 17.5. The molecule has 2 rings (SSSR count). The van der Waals surface area contributed by atoms with E-state index in [2.05, 4.69) is 44.8 Å². The smallest absolute Gasteiger partial charge is 0.357 e. The molecule has 0 saturated heterocycles. The van der Waals surface area contributed by atoms with Crippen LogP contribution in [-0.4, -0.2) is 41.6 Å². The highest BCUT2D eigenvalue weighted by molar-refractivity contribution is 5.91. The number of nitrogens with zero attached hydrogens (tertiary/aromatic N) is 1. The maximum Gasteiger partial charge on any atom is 0.357 e. The van der Waals surface area contributed by atoms with E-state index in [1.165, 1.54) is 5.57 Å². The first-order chi connectivity index (χ1) is 17.4. The van der Waals surface area contributed by atoms with E-state index in [0.717, 1.165) is 31.4 Å². The number of ether oxygens (including phenoxy) is 3. The van der Waals surface area contributed by atoms with Crippen LogP contribution >= 0.6 is 0 Å². The minimum Gasteiger partial charge on any atom is -0.485 e. The van der Waals surface area contributed by atoms with Gasteiger partial charge in [0.1, 0.15) is 17.9 Å². The molecule has 1 heterocycles. The van der Waals surface area contributed by atoms with Crippen LogP contribution in [0.25, 0.3) is 0 Å². The lowest BCUT2D eigenvalue weighted by Gasteiger charge is -2.35. The zero-order valence-corrected chi connectivity index (χ0v) is 24.2. The summed E-state index contributed by atoms with van der Waals surface area (Å²) in [6.07, 6.45) is 2.91. The van der Waals surface area contributed by atoms with Crippen molar-refractivity contribution >= 4 is 11.9 Å². The molecule has 7 heteroatoms. The Morgan fingerprint density at radius 3 is 2.35 bits per heavy atom. The number of carbonyl (C=O) groups is 2. The van der Waals surface area contributed by atoms with E-state index in [1.54, 1.807) is 19.1 Å². The van der Waals surface area contributed by atoms with Gasteiger partial charge in [-0.15, -0.1) is 0 Å². The van der Waals surface area contributed by atoms with E-state index < -0.39 is 17.7 Å². The number of rotatable bonds is 11. The van der Waals surface area contributed by atoms with Gasteiger partial charge < -0.3 is 24.4 Å². The first-order valence-electron chi connectivity index (χ1n) is 13.5. The molecule has 1 aliphatic rings. The quantitative estimate of drug-likeness (QED) is 0.274. The van der Waals surface area contributed by atoms with Crippen LogP contribution in [0, 0.1) is 5.92 Å². The van der Waals surface area contributed by atoms with Gasteiger partial charge in [-0.25, -0.2) is 4.79 Å². The summed E-state index contributed by atoms with van der Waals surface area (Å²) >= 11 is 0. The number of para-hydroxylation sites is 2. The molecule has 7 nitrogen and oxygen atoms in total. The van der Waals surface area contributed by atoms with Gasteiger partial charge in [-0.1, -0.05) is 51.8 Å². The maximum atomic E-state index is 13.7. The average Bonchev–Trinajstić information content (AvgIpc) is 2.82. The molecule has 206 valence electrons. The standard InChI is InChI=1S/C30H46N2O5/c1-10-12-15-23(21(5)11-2)32(18-20(3)4)27(29(34)37-30(7,8)9)22(6)31-28(33)26-19-35-24-16-13-14-17-25(24)36-26/h13-14,16-17,20,26H,10-12,15,18-19H2,1-9H3,(H,31,33)/b23-21+,27-22+. The van der Waals surface area contributed by atoms with Crippen molar-refractivity contribution in [2.24, 2.45) is 5.92 Å². The summed E-state index contributed by atoms with van der Waals surface area (Å²) in [4.78, 5) is 29.0. The van der Waals surface area contributed by atoms with Crippen molar-refractivity contribution in [3.05, 3.63) is 46.9 Å². The van der Waals surface area contributed by atoms with Crippen LogP contribution < -0.4 is 14.8 Å². The number of allylic oxidation sites excluding steroid dienone is 3. The first-order valence-corrected chi connectivity index (χ1v) is 13.5. The molecule has 1 unspecified atom stereocenters. The van der Waals surface area contributed by atoms with Crippen molar-refractivity contribution in [3.63, 3.8) is 0 Å². The third kappa shape index (κ3) is 8.83. The molecule has 1 aromatic rings. The lowest BCUT2D eigenvalue weighted by molar-refractivity contribution is -0.151. The maximum absolute atomic E-state index is 13.7. The number of amides is 1. The number of benzene rings is 1. The van der Waals surface area contributed by atoms with Crippen molar-refractivity contribution in [1.29, 1.82) is 0 Å². The van der Waals surface area contributed by atoms with E-state index in [4.69, 9.17) is 14.2 Å². The fraction of sp³-hybridized carbons (Fsp3) is 0.600. The second kappa shape index (κ2) is 13.5. The van der Waals surface area contributed by atoms with Gasteiger partial charge in [0.15, 0.2) is 11.5 Å². The molecule has 0 spiro atoms. The number of carbonyl (C=O) groups excluding carboxylic acids is 2. The Morgan fingerprint density at radius 2 is 1.78 bits per heavy atom. The summed E-state index contributed by atoms with van der Waals surface area (Å²) in [6.45, 7) is 18.6. The van der Waals surface area contributed by atoms with Gasteiger partial charge >= 0.3 is 5.97 Å². The van der Waals surface area contributed by atoms with E-state index in [-0.39, 0.29) is 18.4 Å². The van der Waals surface area contributed by atoms with Gasteiger partial charge in [-0.05, 0) is 71.9 Å². The Morgan fingerprint density at radius 1 is 1.14 bits per heavy atom. The second-order valence-electron chi connectivity index (χ2n) is 11.0. The molecule has 0 aromatic heterocycles. The van der Waals surface area contributed by atoms with Crippen LogP contribution in [0.1, 0.15) is 88.0 Å². The summed E-state index contributed by atoms with van der Waals surface area (Å²) in [5.41, 5.74) is 2.43. The minimum absolute atomic E-state index is 0.0875. The molecule has 0 aliphatic carbocycles. The van der Waals surface area contributed by atoms with Gasteiger partial charge in [-0.3, -0.25) is 4.79 Å². The summed E-state index contributed by atoms with van der Waals surface area (Å²) in [5, 5.41) is 2.94. The molecular formula is C30H46N2O5. The highest BCUT2D eigenvalue weighted by Gasteiger charge is 2.32. The molecule has 0 saturated carbocycles. The molecule has 1 N–H and O–H groups in total. The highest BCUT2D eigenvalue weighted by atomic mass is 16.6. The molecular weight excluding hydrogens is 468 g/mol. The summed E-state index contributed by atoms with van der Waals surface area (Å²) in [6, 6.07) is 7.26. The van der Waals surface area contributed by atoms with Crippen LogP contribution in [0.4, 0.5) is 0 Å². The van der Waals surface area contributed by atoms with E-state index in [9.17, 15) is 9.59 Å². The second-order valence-corrected chi connectivity index (χ2v) is 11.0. The number of fused-ring (bicyclic) bond motifs is 1. The van der Waals surface area contributed by atoms with Gasteiger partial charge in [-0.2, -0.15) is 0 Å². The molecule has 1 atom stereocenters. The molecule has 37 heavy (non-hydrogen) atoms. The third-order valence-corrected chi connectivity index (χ3v) is 5.99. The van der Waals surface area contributed by atoms with Crippen LogP contribution in [0.15, 0.2) is 46.9 Å². The van der Waals surface area contributed by atoms with Crippen LogP contribution in [-0.2, 0) is 14.3 Å². The normalized spacial score (nSPS) is 16.5. The zero-order valence-electron chi connectivity index (χ0n) is 24.2. The van der Waals surface area contributed by atoms with Gasteiger partial charge in [0, 0.05) is 17.9 Å². The Labute approximate surface area is 223 Å². The molecule has 1 aromatic carbocycles. The first kappa shape index (κ1) is 30.3. The van der Waals surface area contributed by atoms with Crippen molar-refractivity contribution in [1.82, 2.24) is 10.2 Å². The Balaban J connectivity index is 2.51. The van der Waals surface area contributed by atoms with E-state index in [1.807, 2.05) is 32.9 Å². The van der Waals surface area contributed by atoms with E-state index >= 15 is 0 Å². The van der Waals surface area contributed by atoms with Crippen molar-refractivity contribution in [3.8, 4) is 11.5 Å². The molecule has 0 fully saturated rings. The fourth-order valence-corrected chi connectivity index (χ4v) is 4.09. The molecule has 1 aliphatic heterocycles. The fourth-order valence-electron chi connectivity index (χ4n) is 4.09. The molecule has 1 amide bonds. The number of esters is 1. The minimum atomic E-state index is -0.837. The summed E-state index contributed by atoms with van der Waals surface area (Å²) in [5.74, 6) is 0.567. The number of unbranched alkanes of at least 4 members (excludes halogenated alkanes) is 1. The van der Waals surface area contributed by atoms with Crippen LogP contribution in [0.3, 0.4) is 0 Å². The zero-order chi connectivity index (χ0) is 27.8. The highest BCUT2D eigenvalue weighted by Crippen LogP contribution is 2.31. The number of nitrogens with one attached hydrogen (secondary N) is 1. The Bertz CT molecular complexity index is 1000.